The summed E-state index contributed by atoms with van der Waals surface area (Å²) in [6.45, 7) is 5.87. The highest BCUT2D eigenvalue weighted by atomic mass is 16.5. The molecule has 0 saturated carbocycles. The van der Waals surface area contributed by atoms with Gasteiger partial charge in [0.15, 0.2) is 0 Å². The molecule has 2 saturated heterocycles. The second kappa shape index (κ2) is 4.72. The van der Waals surface area contributed by atoms with Crippen LogP contribution in [0.1, 0.15) is 32.6 Å². The number of hydrogen-bond donors (Lipinski definition) is 1. The van der Waals surface area contributed by atoms with Gasteiger partial charge in [-0.25, -0.2) is 0 Å². The Bertz CT molecular complexity index is 263. The molecule has 2 aliphatic heterocycles. The first-order chi connectivity index (χ1) is 7.57. The van der Waals surface area contributed by atoms with Crippen molar-refractivity contribution in [3.63, 3.8) is 0 Å². The van der Waals surface area contributed by atoms with E-state index in [4.69, 9.17) is 9.84 Å². The van der Waals surface area contributed by atoms with E-state index in [2.05, 4.69) is 11.8 Å². The van der Waals surface area contributed by atoms with Crippen molar-refractivity contribution in [1.82, 2.24) is 4.90 Å². The molecule has 0 aromatic heterocycles. The Hall–Kier alpha value is -0.610. The monoisotopic (exact) mass is 227 g/mol. The lowest BCUT2D eigenvalue weighted by Crippen LogP contribution is -2.32. The molecule has 4 nitrogen and oxygen atoms in total. The van der Waals surface area contributed by atoms with Gasteiger partial charge in [0.2, 0.25) is 0 Å². The lowest BCUT2D eigenvalue weighted by Gasteiger charge is -2.24. The summed E-state index contributed by atoms with van der Waals surface area (Å²) >= 11 is 0. The lowest BCUT2D eigenvalue weighted by molar-refractivity contribution is -0.139. The molecule has 0 radical (unpaired) electrons. The van der Waals surface area contributed by atoms with Gasteiger partial charge in [-0.15, -0.1) is 0 Å². The second-order valence-corrected chi connectivity index (χ2v) is 5.50. The maximum absolute atomic E-state index is 10.8. The molecule has 2 aliphatic rings. The van der Waals surface area contributed by atoms with Crippen molar-refractivity contribution in [2.24, 2.45) is 5.41 Å². The SMILES string of the molecule is CC1(CC(=O)O)CCN(CC2CCCO2)C1. The van der Waals surface area contributed by atoms with E-state index in [-0.39, 0.29) is 11.8 Å². The Morgan fingerprint density at radius 2 is 2.44 bits per heavy atom. The van der Waals surface area contributed by atoms with Crippen LogP contribution < -0.4 is 0 Å². The van der Waals surface area contributed by atoms with Crippen LogP contribution in [0.4, 0.5) is 0 Å². The summed E-state index contributed by atoms with van der Waals surface area (Å²) < 4.78 is 5.61. The Kier molecular flexibility index (Phi) is 3.50. The fourth-order valence-electron chi connectivity index (χ4n) is 2.87. The zero-order chi connectivity index (χ0) is 11.6. The van der Waals surface area contributed by atoms with Gasteiger partial charge in [0.05, 0.1) is 12.5 Å². The Balaban J connectivity index is 1.80. The van der Waals surface area contributed by atoms with Crippen LogP contribution in [0.5, 0.6) is 0 Å². The Morgan fingerprint density at radius 3 is 3.06 bits per heavy atom. The van der Waals surface area contributed by atoms with Gasteiger partial charge in [-0.3, -0.25) is 4.79 Å². The predicted octanol–water partition coefficient (Wildman–Crippen LogP) is 1.35. The average Bonchev–Trinajstić information content (AvgIpc) is 2.76. The van der Waals surface area contributed by atoms with E-state index in [0.29, 0.717) is 6.10 Å². The smallest absolute Gasteiger partial charge is 0.303 e. The van der Waals surface area contributed by atoms with E-state index in [1.54, 1.807) is 0 Å². The summed E-state index contributed by atoms with van der Waals surface area (Å²) in [6.07, 6.45) is 3.99. The normalized spacial score (nSPS) is 35.7. The molecule has 0 aromatic carbocycles. The Morgan fingerprint density at radius 1 is 1.62 bits per heavy atom. The molecular formula is C12H21NO3. The minimum atomic E-state index is -0.679. The van der Waals surface area contributed by atoms with Gasteiger partial charge in [-0.1, -0.05) is 6.92 Å². The number of rotatable bonds is 4. The molecule has 0 amide bonds. The van der Waals surface area contributed by atoms with Gasteiger partial charge in [0.25, 0.3) is 0 Å². The molecule has 0 aliphatic carbocycles. The van der Waals surface area contributed by atoms with Crippen LogP contribution in [-0.4, -0.2) is 48.3 Å². The third-order valence-corrected chi connectivity index (χ3v) is 3.70. The van der Waals surface area contributed by atoms with Crippen molar-refractivity contribution in [3.8, 4) is 0 Å². The van der Waals surface area contributed by atoms with Gasteiger partial charge in [-0.05, 0) is 31.2 Å². The third-order valence-electron chi connectivity index (χ3n) is 3.70. The predicted molar refractivity (Wildman–Crippen MR) is 60.4 cm³/mol. The molecule has 4 heteroatoms. The standard InChI is InChI=1S/C12H21NO3/c1-12(7-11(14)15)4-5-13(9-12)8-10-3-2-6-16-10/h10H,2-9H2,1H3,(H,14,15). The molecule has 92 valence electrons. The van der Waals surface area contributed by atoms with Crippen molar-refractivity contribution in [3.05, 3.63) is 0 Å². The zero-order valence-corrected chi connectivity index (χ0v) is 9.95. The van der Waals surface area contributed by atoms with Gasteiger partial charge in [-0.2, -0.15) is 0 Å². The van der Waals surface area contributed by atoms with E-state index in [1.165, 1.54) is 6.42 Å². The highest BCUT2D eigenvalue weighted by Crippen LogP contribution is 2.33. The number of hydrogen-bond acceptors (Lipinski definition) is 3. The van der Waals surface area contributed by atoms with E-state index < -0.39 is 5.97 Å². The van der Waals surface area contributed by atoms with Crippen molar-refractivity contribution in [2.45, 2.75) is 38.7 Å². The minimum absolute atomic E-state index is 0.0373. The number of carbonyl (C=O) groups is 1. The molecule has 0 spiro atoms. The molecule has 2 fully saturated rings. The number of likely N-dealkylation sites (tertiary alicyclic amines) is 1. The van der Waals surface area contributed by atoms with Crippen molar-refractivity contribution in [2.75, 3.05) is 26.2 Å². The summed E-state index contributed by atoms with van der Waals surface area (Å²) in [5.74, 6) is -0.679. The van der Waals surface area contributed by atoms with Crippen molar-refractivity contribution in [1.29, 1.82) is 0 Å². The summed E-state index contributed by atoms with van der Waals surface area (Å²) in [7, 11) is 0. The molecule has 2 rings (SSSR count). The zero-order valence-electron chi connectivity index (χ0n) is 9.95. The Labute approximate surface area is 96.6 Å². The number of nitrogens with zero attached hydrogens (tertiary/aromatic N) is 1. The van der Waals surface area contributed by atoms with Gasteiger partial charge >= 0.3 is 5.97 Å². The lowest BCUT2D eigenvalue weighted by atomic mass is 9.86. The van der Waals surface area contributed by atoms with Crippen molar-refractivity contribution >= 4 is 5.97 Å². The van der Waals surface area contributed by atoms with Crippen LogP contribution in [0.2, 0.25) is 0 Å². The van der Waals surface area contributed by atoms with Gasteiger partial charge in [0.1, 0.15) is 0 Å². The highest BCUT2D eigenvalue weighted by Gasteiger charge is 2.36. The number of aliphatic carboxylic acids is 1. The van der Waals surface area contributed by atoms with Crippen LogP contribution in [0, 0.1) is 5.41 Å². The maximum atomic E-state index is 10.8. The van der Waals surface area contributed by atoms with Crippen LogP contribution in [-0.2, 0) is 9.53 Å². The van der Waals surface area contributed by atoms with Gasteiger partial charge in [0, 0.05) is 19.7 Å². The van der Waals surface area contributed by atoms with Crippen LogP contribution in [0.25, 0.3) is 0 Å². The third kappa shape index (κ3) is 2.95. The maximum Gasteiger partial charge on any atom is 0.303 e. The van der Waals surface area contributed by atoms with Crippen molar-refractivity contribution < 1.29 is 14.6 Å². The minimum Gasteiger partial charge on any atom is -0.481 e. The first kappa shape index (κ1) is 11.9. The fourth-order valence-corrected chi connectivity index (χ4v) is 2.87. The summed E-state index contributed by atoms with van der Waals surface area (Å²) in [4.78, 5) is 13.1. The van der Waals surface area contributed by atoms with Gasteiger partial charge < -0.3 is 14.7 Å². The molecule has 2 atom stereocenters. The number of carboxylic acids is 1. The molecule has 1 N–H and O–H groups in total. The molecule has 16 heavy (non-hydrogen) atoms. The second-order valence-electron chi connectivity index (χ2n) is 5.50. The topological polar surface area (TPSA) is 49.8 Å². The number of ether oxygens (including phenoxy) is 1. The summed E-state index contributed by atoms with van der Waals surface area (Å²) in [6, 6.07) is 0. The average molecular weight is 227 g/mol. The molecular weight excluding hydrogens is 206 g/mol. The fraction of sp³-hybridized carbons (Fsp3) is 0.917. The van der Waals surface area contributed by atoms with E-state index in [1.807, 2.05) is 0 Å². The largest absolute Gasteiger partial charge is 0.481 e. The van der Waals surface area contributed by atoms with E-state index in [9.17, 15) is 4.79 Å². The molecule has 2 heterocycles. The van der Waals surface area contributed by atoms with Crippen LogP contribution in [0.15, 0.2) is 0 Å². The molecule has 0 aromatic rings. The quantitative estimate of drug-likeness (QED) is 0.787. The van der Waals surface area contributed by atoms with E-state index >= 15 is 0 Å². The number of carboxylic acid groups (broad SMARTS) is 1. The summed E-state index contributed by atoms with van der Waals surface area (Å²) in [5.41, 5.74) is -0.0373. The first-order valence-electron chi connectivity index (χ1n) is 6.13. The van der Waals surface area contributed by atoms with Crippen LogP contribution >= 0.6 is 0 Å². The molecule has 2 unspecified atom stereocenters. The van der Waals surface area contributed by atoms with E-state index in [0.717, 1.165) is 39.1 Å². The first-order valence-corrected chi connectivity index (χ1v) is 6.13. The highest BCUT2D eigenvalue weighted by molar-refractivity contribution is 5.67. The summed E-state index contributed by atoms with van der Waals surface area (Å²) in [5, 5.41) is 8.87. The molecule has 0 bridgehead atoms. The van der Waals surface area contributed by atoms with Crippen LogP contribution in [0.3, 0.4) is 0 Å².